The number of hydrogen-bond donors (Lipinski definition) is 1. The molecule has 0 saturated carbocycles. The number of aliphatic hydroxyl groups is 1. The van der Waals surface area contributed by atoms with E-state index in [0.29, 0.717) is 10.4 Å². The lowest BCUT2D eigenvalue weighted by Crippen LogP contribution is -1.95. The summed E-state index contributed by atoms with van der Waals surface area (Å²) in [6.07, 6.45) is 0. The van der Waals surface area contributed by atoms with Gasteiger partial charge in [-0.1, -0.05) is 35.1 Å². The van der Waals surface area contributed by atoms with Crippen molar-refractivity contribution in [1.82, 2.24) is 4.98 Å². The first kappa shape index (κ1) is 13.7. The number of halogens is 1. The zero-order valence-electron chi connectivity index (χ0n) is 9.79. The van der Waals surface area contributed by atoms with Gasteiger partial charge >= 0.3 is 5.69 Å². The number of para-hydroxylation sites is 1. The number of hydrogen-bond acceptors (Lipinski definition) is 6. The Morgan fingerprint density at radius 1 is 1.58 bits per heavy atom. The first-order valence-corrected chi connectivity index (χ1v) is 6.40. The molecule has 6 nitrogen and oxygen atoms in total. The molecule has 0 saturated heterocycles. The zero-order valence-corrected chi connectivity index (χ0v) is 11.4. The van der Waals surface area contributed by atoms with Crippen molar-refractivity contribution in [3.05, 3.63) is 43.9 Å². The zero-order chi connectivity index (χ0) is 14.0. The van der Waals surface area contributed by atoms with Crippen LogP contribution in [0.4, 0.5) is 5.69 Å². The number of aromatic nitrogens is 1. The molecule has 0 bridgehead atoms. The summed E-state index contributed by atoms with van der Waals surface area (Å²) in [5.74, 6) is 0.127. The average molecular weight is 301 g/mol. The maximum absolute atomic E-state index is 10.9. The molecule has 1 aromatic heterocycles. The van der Waals surface area contributed by atoms with E-state index in [1.165, 1.54) is 6.07 Å². The minimum Gasteiger partial charge on any atom is -0.423 e. The van der Waals surface area contributed by atoms with Gasteiger partial charge in [-0.3, -0.25) is 10.1 Å². The number of aryl methyl sites for hydroxylation is 1. The predicted molar refractivity (Wildman–Crippen MR) is 71.0 cm³/mol. The van der Waals surface area contributed by atoms with Crippen LogP contribution in [0.3, 0.4) is 0 Å². The van der Waals surface area contributed by atoms with Crippen LogP contribution in [0.1, 0.15) is 10.4 Å². The van der Waals surface area contributed by atoms with Crippen LogP contribution in [0.2, 0.25) is 5.15 Å². The minimum absolute atomic E-state index is 0.127. The van der Waals surface area contributed by atoms with E-state index in [1.54, 1.807) is 19.1 Å². The van der Waals surface area contributed by atoms with Gasteiger partial charge in [0.2, 0.25) is 5.75 Å². The first-order valence-electron chi connectivity index (χ1n) is 5.21. The van der Waals surface area contributed by atoms with Gasteiger partial charge in [0.05, 0.1) is 16.4 Å². The molecular formula is C11H9ClN2O4S. The third kappa shape index (κ3) is 2.83. The molecule has 0 aliphatic rings. The highest BCUT2D eigenvalue weighted by Crippen LogP contribution is 2.37. The Hall–Kier alpha value is -1.70. The van der Waals surface area contributed by atoms with Gasteiger partial charge in [0.15, 0.2) is 0 Å². The highest BCUT2D eigenvalue weighted by molar-refractivity contribution is 7.13. The van der Waals surface area contributed by atoms with E-state index in [9.17, 15) is 10.1 Å². The Labute approximate surface area is 117 Å². The highest BCUT2D eigenvalue weighted by Gasteiger charge is 2.20. The van der Waals surface area contributed by atoms with Gasteiger partial charge in [0, 0.05) is 6.07 Å². The maximum Gasteiger partial charge on any atom is 0.311 e. The number of rotatable bonds is 4. The molecule has 1 heterocycles. The van der Waals surface area contributed by atoms with Crippen molar-refractivity contribution in [1.29, 1.82) is 0 Å². The van der Waals surface area contributed by atoms with Crippen LogP contribution < -0.4 is 4.74 Å². The number of ether oxygens (including phenoxy) is 1. The summed E-state index contributed by atoms with van der Waals surface area (Å²) < 4.78 is 5.44. The van der Waals surface area contributed by atoms with Crippen molar-refractivity contribution in [2.45, 2.75) is 13.5 Å². The highest BCUT2D eigenvalue weighted by atomic mass is 35.5. The van der Waals surface area contributed by atoms with Gasteiger partial charge in [-0.2, -0.15) is 4.98 Å². The fourth-order valence-electron chi connectivity index (χ4n) is 1.45. The summed E-state index contributed by atoms with van der Waals surface area (Å²) >= 11 is 6.82. The standard InChI is InChI=1S/C11H9ClN2O4S/c1-6-3-2-4-7(14(16)17)9(6)18-11-13-10(12)8(5-15)19-11/h2-4,15H,5H2,1H3. The van der Waals surface area contributed by atoms with Gasteiger partial charge in [0.25, 0.3) is 5.19 Å². The summed E-state index contributed by atoms with van der Waals surface area (Å²) in [5, 5.41) is 20.2. The molecule has 0 spiro atoms. The van der Waals surface area contributed by atoms with Crippen molar-refractivity contribution >= 4 is 28.6 Å². The second-order valence-corrected chi connectivity index (χ2v) is 5.04. The minimum atomic E-state index is -0.523. The quantitative estimate of drug-likeness (QED) is 0.691. The predicted octanol–water partition coefficient (Wildman–Crippen LogP) is 3.30. The van der Waals surface area contributed by atoms with Crippen molar-refractivity contribution in [2.24, 2.45) is 0 Å². The van der Waals surface area contributed by atoms with E-state index in [4.69, 9.17) is 21.4 Å². The van der Waals surface area contributed by atoms with Crippen LogP contribution in [0.15, 0.2) is 18.2 Å². The molecule has 0 unspecified atom stereocenters. The summed E-state index contributed by atoms with van der Waals surface area (Å²) in [7, 11) is 0. The number of nitrogens with zero attached hydrogens (tertiary/aromatic N) is 2. The van der Waals surface area contributed by atoms with Gasteiger partial charge in [-0.15, -0.1) is 0 Å². The Balaban J connectivity index is 2.39. The summed E-state index contributed by atoms with van der Waals surface area (Å²) in [6, 6.07) is 4.63. The number of nitro benzene ring substituents is 1. The molecule has 1 aromatic carbocycles. The topological polar surface area (TPSA) is 85.5 Å². The maximum atomic E-state index is 10.9. The molecule has 8 heteroatoms. The van der Waals surface area contributed by atoms with E-state index in [-0.39, 0.29) is 28.4 Å². The van der Waals surface area contributed by atoms with Gasteiger partial charge in [-0.05, 0) is 12.5 Å². The van der Waals surface area contributed by atoms with E-state index in [2.05, 4.69) is 4.98 Å². The van der Waals surface area contributed by atoms with E-state index in [0.717, 1.165) is 11.3 Å². The molecule has 0 aliphatic heterocycles. The lowest BCUT2D eigenvalue weighted by molar-refractivity contribution is -0.385. The average Bonchev–Trinajstić information content (AvgIpc) is 2.71. The summed E-state index contributed by atoms with van der Waals surface area (Å²) in [4.78, 5) is 14.8. The fraction of sp³-hybridized carbons (Fsp3) is 0.182. The Bertz CT molecular complexity index is 629. The fourth-order valence-corrected chi connectivity index (χ4v) is 2.42. The number of thiazole rings is 1. The van der Waals surface area contributed by atoms with E-state index in [1.807, 2.05) is 0 Å². The Kier molecular flexibility index (Phi) is 3.98. The monoisotopic (exact) mass is 300 g/mol. The molecular weight excluding hydrogens is 292 g/mol. The summed E-state index contributed by atoms with van der Waals surface area (Å²) in [5.41, 5.74) is 0.475. The third-order valence-corrected chi connectivity index (χ3v) is 3.69. The van der Waals surface area contributed by atoms with Crippen LogP contribution in [0, 0.1) is 17.0 Å². The smallest absolute Gasteiger partial charge is 0.311 e. The number of benzene rings is 1. The third-order valence-electron chi connectivity index (χ3n) is 2.35. The van der Waals surface area contributed by atoms with E-state index < -0.39 is 4.92 Å². The lowest BCUT2D eigenvalue weighted by atomic mass is 10.2. The lowest BCUT2D eigenvalue weighted by Gasteiger charge is -2.05. The van der Waals surface area contributed by atoms with Crippen molar-refractivity contribution in [3.63, 3.8) is 0 Å². The van der Waals surface area contributed by atoms with Gasteiger partial charge in [0.1, 0.15) is 5.15 Å². The first-order chi connectivity index (χ1) is 9.02. The van der Waals surface area contributed by atoms with E-state index >= 15 is 0 Å². The van der Waals surface area contributed by atoms with Crippen molar-refractivity contribution in [2.75, 3.05) is 0 Å². The summed E-state index contributed by atoms with van der Waals surface area (Å²) in [6.45, 7) is 1.44. The van der Waals surface area contributed by atoms with Crippen molar-refractivity contribution < 1.29 is 14.8 Å². The van der Waals surface area contributed by atoms with Gasteiger partial charge in [-0.25, -0.2) is 0 Å². The Morgan fingerprint density at radius 2 is 2.32 bits per heavy atom. The molecule has 2 rings (SSSR count). The molecule has 0 radical (unpaired) electrons. The molecule has 0 aliphatic carbocycles. The van der Waals surface area contributed by atoms with Crippen LogP contribution >= 0.6 is 22.9 Å². The normalized spacial score (nSPS) is 10.5. The molecule has 0 amide bonds. The molecule has 0 fully saturated rings. The Morgan fingerprint density at radius 3 is 2.89 bits per heavy atom. The SMILES string of the molecule is Cc1cccc([N+](=O)[O-])c1Oc1nc(Cl)c(CO)s1. The molecule has 100 valence electrons. The number of aliphatic hydroxyl groups excluding tert-OH is 1. The molecule has 19 heavy (non-hydrogen) atoms. The molecule has 1 N–H and O–H groups in total. The van der Waals surface area contributed by atoms with Crippen molar-refractivity contribution in [3.8, 4) is 10.9 Å². The van der Waals surface area contributed by atoms with Crippen LogP contribution in [-0.4, -0.2) is 15.0 Å². The van der Waals surface area contributed by atoms with Crippen LogP contribution in [0.5, 0.6) is 10.9 Å². The van der Waals surface area contributed by atoms with Gasteiger partial charge < -0.3 is 9.84 Å². The molecule has 2 aromatic rings. The second-order valence-electron chi connectivity index (χ2n) is 3.63. The van der Waals surface area contributed by atoms with Crippen LogP contribution in [-0.2, 0) is 6.61 Å². The second kappa shape index (κ2) is 5.52. The number of nitro groups is 1. The molecule has 0 atom stereocenters. The largest absolute Gasteiger partial charge is 0.423 e. The van der Waals surface area contributed by atoms with Crippen LogP contribution in [0.25, 0.3) is 0 Å².